The highest BCUT2D eigenvalue weighted by Crippen LogP contribution is 2.73. The number of fused-ring (bicyclic) bond motifs is 2. The van der Waals surface area contributed by atoms with Crippen molar-refractivity contribution in [2.45, 2.75) is 180 Å². The third kappa shape index (κ3) is 9.12. The number of cyclic esters (lactones) is 1. The van der Waals surface area contributed by atoms with Crippen molar-refractivity contribution in [3.8, 4) is 11.8 Å². The molecule has 0 unspecified atom stereocenters. The summed E-state index contributed by atoms with van der Waals surface area (Å²) in [7, 11) is 3.89. The molecule has 374 valence electrons. The molecule has 2 spiro atoms. The third-order valence-electron chi connectivity index (χ3n) is 20.6. The van der Waals surface area contributed by atoms with E-state index >= 15 is 4.79 Å². The van der Waals surface area contributed by atoms with Crippen LogP contribution in [-0.4, -0.2) is 69.3 Å². The third-order valence-corrected chi connectivity index (χ3v) is 23.2. The first kappa shape index (κ1) is 49.8. The summed E-state index contributed by atoms with van der Waals surface area (Å²) in [5, 5.41) is 41.7. The van der Waals surface area contributed by atoms with Crippen molar-refractivity contribution >= 4 is 33.5 Å². The fourth-order valence-corrected chi connectivity index (χ4v) is 20.0. The van der Waals surface area contributed by atoms with Crippen LogP contribution in [-0.2, 0) is 31.9 Å². The number of ether oxygens (including phenoxy) is 2. The first-order valence-corrected chi connectivity index (χ1v) is 29.7. The van der Waals surface area contributed by atoms with Gasteiger partial charge in [-0.05, 0) is 173 Å². The van der Waals surface area contributed by atoms with Crippen molar-refractivity contribution in [1.82, 2.24) is 0 Å². The average molecular weight is 977 g/mol. The molecule has 10 rings (SSSR count). The highest BCUT2D eigenvalue weighted by atomic mass is 33.1. The van der Waals surface area contributed by atoms with E-state index in [-0.39, 0.29) is 42.7 Å². The fraction of sp³-hybridized carbons (Fsp3) is 0.700. The molecule has 9 heteroatoms. The Morgan fingerprint density at radius 2 is 1.45 bits per heavy atom. The van der Waals surface area contributed by atoms with Gasteiger partial charge in [0.1, 0.15) is 12.7 Å². The highest BCUT2D eigenvalue weighted by Gasteiger charge is 2.78. The van der Waals surface area contributed by atoms with E-state index in [0.29, 0.717) is 55.8 Å². The summed E-state index contributed by atoms with van der Waals surface area (Å²) in [4.78, 5) is 28.7. The maximum atomic E-state index is 16.1. The first-order chi connectivity index (χ1) is 33.2. The van der Waals surface area contributed by atoms with Crippen molar-refractivity contribution in [1.29, 1.82) is 0 Å². The summed E-state index contributed by atoms with van der Waals surface area (Å²) in [6.45, 7) is 6.96. The molecule has 3 heterocycles. The zero-order valence-corrected chi connectivity index (χ0v) is 43.4. The van der Waals surface area contributed by atoms with Gasteiger partial charge in [-0.1, -0.05) is 115 Å². The standard InChI is InChI=1S/C60H80O7S2/c1-41-17-20-50(61)60-51(62)23-28-56(3,47-22-29-57(36-47)25-10-11-26-57)53(60)49-37-55(2,59(60,65)30-21-45-34-52(63)66-38-45)24-12-27-58(54(64)67-49)35-44(32-42-13-6-4-7-14-42)18-19-48(58)40-69-68-39-46(31-41)33-43-15-8-5-9-16-43/h4-9,13-16,34,41,44,46-51,53,61-62,65H,10-11,17-23,25-33,35-40H2,1-3H3/t41-,44-,46+,47+,48-,49-,50-,51-,53+,55+,56+,58-,59-,60+/m1/s1. The summed E-state index contributed by atoms with van der Waals surface area (Å²) < 4.78 is 12.9. The second-order valence-corrected chi connectivity index (χ2v) is 27.1. The van der Waals surface area contributed by atoms with Gasteiger partial charge in [0.15, 0.2) is 0 Å². The lowest BCUT2D eigenvalue weighted by Gasteiger charge is -2.71. The normalized spacial score (nSPS) is 42.2. The summed E-state index contributed by atoms with van der Waals surface area (Å²) in [5.74, 6) is 9.57. The van der Waals surface area contributed by atoms with Gasteiger partial charge >= 0.3 is 11.9 Å². The molecular formula is C60H80O7S2. The molecule has 5 aliphatic carbocycles. The predicted octanol–water partition coefficient (Wildman–Crippen LogP) is 11.9. The number of carbonyl (C=O) groups excluding carboxylic acids is 2. The molecule has 3 N–H and O–H groups in total. The topological polar surface area (TPSA) is 113 Å². The van der Waals surface area contributed by atoms with E-state index in [1.807, 2.05) is 28.5 Å². The van der Waals surface area contributed by atoms with Gasteiger partial charge < -0.3 is 24.8 Å². The molecule has 14 atom stereocenters. The van der Waals surface area contributed by atoms with E-state index in [1.54, 1.807) is 6.08 Å². The maximum Gasteiger partial charge on any atom is 0.331 e. The van der Waals surface area contributed by atoms with E-state index in [2.05, 4.69) is 86.4 Å². The Morgan fingerprint density at radius 1 is 0.754 bits per heavy atom. The molecule has 6 fully saturated rings. The Balaban J connectivity index is 1.13. The average Bonchev–Trinajstić information content (AvgIpc) is 4.11. The van der Waals surface area contributed by atoms with Crippen molar-refractivity contribution in [2.75, 3.05) is 18.1 Å². The molecule has 4 bridgehead atoms. The Bertz CT molecular complexity index is 2250. The summed E-state index contributed by atoms with van der Waals surface area (Å²) >= 11 is 0. The number of aliphatic hydroxyl groups is 3. The molecule has 0 aromatic heterocycles. The van der Waals surface area contributed by atoms with Crippen LogP contribution in [0.4, 0.5) is 0 Å². The number of benzene rings is 2. The van der Waals surface area contributed by atoms with Gasteiger partial charge in [0.05, 0.1) is 34.1 Å². The largest absolute Gasteiger partial charge is 0.462 e. The number of aliphatic hydroxyl groups excluding tert-OH is 2. The molecule has 1 saturated heterocycles. The van der Waals surface area contributed by atoms with Crippen LogP contribution in [0.5, 0.6) is 0 Å². The Kier molecular flexibility index (Phi) is 14.4. The zero-order chi connectivity index (χ0) is 48.1. The monoisotopic (exact) mass is 977 g/mol. The van der Waals surface area contributed by atoms with E-state index in [0.717, 1.165) is 74.9 Å². The van der Waals surface area contributed by atoms with Gasteiger partial charge in [0.25, 0.3) is 0 Å². The lowest BCUT2D eigenvalue weighted by Crippen LogP contribution is -2.79. The van der Waals surface area contributed by atoms with Gasteiger partial charge in [0.2, 0.25) is 0 Å². The maximum absolute atomic E-state index is 16.1. The van der Waals surface area contributed by atoms with Gasteiger partial charge in [-0.15, -0.1) is 5.92 Å². The second-order valence-electron chi connectivity index (χ2n) is 24.6. The molecule has 3 aliphatic heterocycles. The smallest absolute Gasteiger partial charge is 0.331 e. The minimum Gasteiger partial charge on any atom is -0.462 e. The zero-order valence-electron chi connectivity index (χ0n) is 41.8. The number of hydrogen-bond donors (Lipinski definition) is 3. The predicted molar refractivity (Wildman–Crippen MR) is 277 cm³/mol. The summed E-state index contributed by atoms with van der Waals surface area (Å²) in [5.41, 5.74) is -1.91. The van der Waals surface area contributed by atoms with Crippen molar-refractivity contribution in [3.05, 3.63) is 83.4 Å². The van der Waals surface area contributed by atoms with E-state index in [1.165, 1.54) is 43.2 Å². The number of esters is 2. The van der Waals surface area contributed by atoms with Gasteiger partial charge in [-0.3, -0.25) is 4.79 Å². The van der Waals surface area contributed by atoms with Gasteiger partial charge in [-0.2, -0.15) is 0 Å². The number of carbonyl (C=O) groups is 2. The number of rotatable bonds is 8. The summed E-state index contributed by atoms with van der Waals surface area (Å²) in [6, 6.07) is 21.5. The van der Waals surface area contributed by atoms with E-state index < -0.39 is 51.5 Å². The lowest BCUT2D eigenvalue weighted by atomic mass is 9.35. The minimum atomic E-state index is -1.71. The van der Waals surface area contributed by atoms with E-state index in [9.17, 15) is 20.1 Å². The Labute approximate surface area is 421 Å². The minimum absolute atomic E-state index is 0.0539. The lowest BCUT2D eigenvalue weighted by molar-refractivity contribution is -0.338. The van der Waals surface area contributed by atoms with Gasteiger partial charge in [0, 0.05) is 36.3 Å². The quantitative estimate of drug-likeness (QED) is 0.135. The molecule has 69 heavy (non-hydrogen) atoms. The fourth-order valence-electron chi connectivity index (χ4n) is 17.0. The number of hydrogen-bond acceptors (Lipinski definition) is 9. The summed E-state index contributed by atoms with van der Waals surface area (Å²) in [6.07, 6.45) is 16.2. The second kappa shape index (κ2) is 19.9. The van der Waals surface area contributed by atoms with Gasteiger partial charge in [-0.25, -0.2) is 4.79 Å². The Morgan fingerprint density at radius 3 is 2.16 bits per heavy atom. The van der Waals surface area contributed by atoms with Crippen LogP contribution in [0.1, 0.15) is 154 Å². The molecular weight excluding hydrogens is 897 g/mol. The van der Waals surface area contributed by atoms with Crippen LogP contribution in [0, 0.1) is 74.4 Å². The van der Waals surface area contributed by atoms with Crippen molar-refractivity contribution in [3.63, 3.8) is 0 Å². The first-order valence-electron chi connectivity index (χ1n) is 27.2. The van der Waals surface area contributed by atoms with Crippen molar-refractivity contribution < 1.29 is 34.4 Å². The SMILES string of the molecule is C[C@@H]1CC[C@@H](O)[C@]23[C@H](O)CC[C@@](C)([C@H]4CCC5(CCCC5)C4)[C@@H]2[C@H]2C[C@](C)(C#CC[C@]4(C[C@@H](Cc5ccccc5)CC[C@@H]4CSSC[C@H](Cc4ccccc4)C1)C(=O)O2)[C@]3(O)CCC1=CC(=O)OC1. The molecule has 2 aromatic rings. The van der Waals surface area contributed by atoms with Crippen LogP contribution in [0.15, 0.2) is 72.3 Å². The van der Waals surface area contributed by atoms with Crippen LogP contribution in [0.3, 0.4) is 0 Å². The molecule has 0 amide bonds. The van der Waals surface area contributed by atoms with Crippen LogP contribution >= 0.6 is 21.6 Å². The van der Waals surface area contributed by atoms with Crippen LogP contribution in [0.25, 0.3) is 0 Å². The van der Waals surface area contributed by atoms with Crippen LogP contribution < -0.4 is 0 Å². The highest BCUT2D eigenvalue weighted by molar-refractivity contribution is 8.76. The molecule has 8 aliphatic rings. The molecule has 7 nitrogen and oxygen atoms in total. The van der Waals surface area contributed by atoms with Crippen LogP contribution in [0.2, 0.25) is 0 Å². The molecule has 2 aromatic carbocycles. The molecule has 5 saturated carbocycles. The molecule has 0 radical (unpaired) electrons. The Hall–Kier alpha value is -2.74. The van der Waals surface area contributed by atoms with E-state index in [4.69, 9.17) is 9.47 Å². The van der Waals surface area contributed by atoms with Crippen molar-refractivity contribution in [2.24, 2.45) is 62.6 Å².